The Morgan fingerprint density at radius 1 is 1.47 bits per heavy atom. The van der Waals surface area contributed by atoms with Crippen LogP contribution >= 0.6 is 0 Å². The van der Waals surface area contributed by atoms with Crippen molar-refractivity contribution >= 4 is 5.78 Å². The van der Waals surface area contributed by atoms with Crippen molar-refractivity contribution in [3.05, 3.63) is 12.2 Å². The maximum Gasteiger partial charge on any atom is 0.152 e. The highest BCUT2D eigenvalue weighted by Gasteiger charge is 2.38. The largest absolute Gasteiger partial charge is 0.393 e. The van der Waals surface area contributed by atoms with Crippen molar-refractivity contribution in [2.24, 2.45) is 17.3 Å². The van der Waals surface area contributed by atoms with Crippen LogP contribution in [0.4, 0.5) is 0 Å². The Kier molecular flexibility index (Phi) is 3.72. The monoisotopic (exact) mass is 210 g/mol. The summed E-state index contributed by atoms with van der Waals surface area (Å²) in [5, 5.41) is 9.72. The van der Waals surface area contributed by atoms with E-state index in [2.05, 4.69) is 20.8 Å². The van der Waals surface area contributed by atoms with Crippen molar-refractivity contribution in [1.29, 1.82) is 0 Å². The molecule has 0 radical (unpaired) electrons. The van der Waals surface area contributed by atoms with E-state index in [9.17, 15) is 9.90 Å². The summed E-state index contributed by atoms with van der Waals surface area (Å²) >= 11 is 0. The SMILES string of the molecule is CC(=O)/C=C\[C@@H]1[C@@H](C)C[C@H](O)CC1(C)C. The molecule has 0 bridgehead atoms. The Hall–Kier alpha value is -0.630. The average molecular weight is 210 g/mol. The summed E-state index contributed by atoms with van der Waals surface area (Å²) in [5.41, 5.74) is 0.0863. The third-order valence-corrected chi connectivity index (χ3v) is 3.46. The van der Waals surface area contributed by atoms with E-state index in [-0.39, 0.29) is 17.3 Å². The molecule has 15 heavy (non-hydrogen) atoms. The molecule has 1 aliphatic rings. The summed E-state index contributed by atoms with van der Waals surface area (Å²) in [7, 11) is 0. The highest BCUT2D eigenvalue weighted by Crippen LogP contribution is 2.44. The number of allylic oxidation sites excluding steroid dienone is 2. The molecule has 1 N–H and O–H groups in total. The van der Waals surface area contributed by atoms with Gasteiger partial charge in [-0.2, -0.15) is 0 Å². The molecule has 0 aromatic rings. The van der Waals surface area contributed by atoms with Crippen molar-refractivity contribution in [3.8, 4) is 0 Å². The van der Waals surface area contributed by atoms with Crippen LogP contribution in [0.3, 0.4) is 0 Å². The lowest BCUT2D eigenvalue weighted by Crippen LogP contribution is -2.38. The predicted molar refractivity (Wildman–Crippen MR) is 61.5 cm³/mol. The number of rotatable bonds is 2. The second-order valence-electron chi connectivity index (χ2n) is 5.56. The van der Waals surface area contributed by atoms with Crippen LogP contribution in [0.1, 0.15) is 40.5 Å². The van der Waals surface area contributed by atoms with E-state index in [0.29, 0.717) is 11.8 Å². The van der Waals surface area contributed by atoms with Gasteiger partial charge < -0.3 is 5.11 Å². The molecule has 0 spiro atoms. The normalized spacial score (nSPS) is 35.7. The number of aliphatic hydroxyl groups is 1. The zero-order valence-electron chi connectivity index (χ0n) is 10.2. The van der Waals surface area contributed by atoms with E-state index >= 15 is 0 Å². The van der Waals surface area contributed by atoms with Crippen LogP contribution in [-0.2, 0) is 4.79 Å². The molecule has 1 aliphatic carbocycles. The van der Waals surface area contributed by atoms with Gasteiger partial charge in [-0.25, -0.2) is 0 Å². The lowest BCUT2D eigenvalue weighted by Gasteiger charge is -2.43. The van der Waals surface area contributed by atoms with E-state index < -0.39 is 0 Å². The summed E-state index contributed by atoms with van der Waals surface area (Å²) in [6.07, 6.45) is 5.18. The zero-order valence-corrected chi connectivity index (χ0v) is 10.2. The second kappa shape index (κ2) is 4.48. The quantitative estimate of drug-likeness (QED) is 0.711. The third kappa shape index (κ3) is 3.16. The maximum atomic E-state index is 10.9. The average Bonchev–Trinajstić information content (AvgIpc) is 1.98. The molecule has 3 atom stereocenters. The molecule has 1 fully saturated rings. The second-order valence-corrected chi connectivity index (χ2v) is 5.56. The Balaban J connectivity index is 2.80. The van der Waals surface area contributed by atoms with Crippen LogP contribution < -0.4 is 0 Å². The standard InChI is InChI=1S/C13H22O2/c1-9-7-11(15)8-13(3,4)12(9)6-5-10(2)14/h5-6,9,11-12,15H,7-8H2,1-4H3/b6-5-/t9-,11-,12+/m0/s1. The summed E-state index contributed by atoms with van der Waals surface area (Å²) < 4.78 is 0. The van der Waals surface area contributed by atoms with Gasteiger partial charge in [-0.15, -0.1) is 0 Å². The Morgan fingerprint density at radius 3 is 2.53 bits per heavy atom. The fourth-order valence-corrected chi connectivity index (χ4v) is 2.86. The highest BCUT2D eigenvalue weighted by atomic mass is 16.3. The van der Waals surface area contributed by atoms with Crippen molar-refractivity contribution in [2.45, 2.75) is 46.6 Å². The van der Waals surface area contributed by atoms with Gasteiger partial charge >= 0.3 is 0 Å². The smallest absolute Gasteiger partial charge is 0.152 e. The van der Waals surface area contributed by atoms with Crippen LogP contribution in [0.25, 0.3) is 0 Å². The van der Waals surface area contributed by atoms with Crippen LogP contribution in [0.2, 0.25) is 0 Å². The minimum Gasteiger partial charge on any atom is -0.393 e. The molecule has 2 heteroatoms. The molecular weight excluding hydrogens is 188 g/mol. The lowest BCUT2D eigenvalue weighted by atomic mass is 9.63. The Morgan fingerprint density at radius 2 is 2.07 bits per heavy atom. The zero-order chi connectivity index (χ0) is 11.6. The first-order chi connectivity index (χ1) is 6.83. The van der Waals surface area contributed by atoms with E-state index in [1.54, 1.807) is 13.0 Å². The molecule has 0 aliphatic heterocycles. The summed E-state index contributed by atoms with van der Waals surface area (Å²) in [5.74, 6) is 0.938. The Labute approximate surface area is 92.4 Å². The predicted octanol–water partition coefficient (Wildman–Crippen LogP) is 2.56. The fraction of sp³-hybridized carbons (Fsp3) is 0.769. The maximum absolute atomic E-state index is 10.9. The number of ketones is 1. The van der Waals surface area contributed by atoms with E-state index in [1.165, 1.54) is 0 Å². The molecule has 0 aromatic heterocycles. The fourth-order valence-electron chi connectivity index (χ4n) is 2.86. The molecule has 1 saturated carbocycles. The molecule has 1 rings (SSSR count). The molecule has 0 amide bonds. The van der Waals surface area contributed by atoms with E-state index in [0.717, 1.165) is 12.8 Å². The van der Waals surface area contributed by atoms with Crippen LogP contribution in [0.15, 0.2) is 12.2 Å². The molecule has 0 aromatic carbocycles. The molecule has 86 valence electrons. The van der Waals surface area contributed by atoms with Gasteiger partial charge in [0.05, 0.1) is 6.10 Å². The first-order valence-corrected chi connectivity index (χ1v) is 5.70. The summed E-state index contributed by atoms with van der Waals surface area (Å²) in [6, 6.07) is 0. The van der Waals surface area contributed by atoms with E-state index in [1.807, 2.05) is 6.08 Å². The molecule has 0 saturated heterocycles. The van der Waals surface area contributed by atoms with Crippen LogP contribution in [0.5, 0.6) is 0 Å². The van der Waals surface area contributed by atoms with Gasteiger partial charge in [0.25, 0.3) is 0 Å². The van der Waals surface area contributed by atoms with Crippen molar-refractivity contribution in [3.63, 3.8) is 0 Å². The number of hydrogen-bond donors (Lipinski definition) is 1. The number of hydrogen-bond acceptors (Lipinski definition) is 2. The minimum absolute atomic E-state index is 0.0863. The number of carbonyl (C=O) groups is 1. The minimum atomic E-state index is -0.183. The van der Waals surface area contributed by atoms with Crippen molar-refractivity contribution in [2.75, 3.05) is 0 Å². The van der Waals surface area contributed by atoms with E-state index in [4.69, 9.17) is 0 Å². The molecule has 0 heterocycles. The van der Waals surface area contributed by atoms with Gasteiger partial charge in [0.1, 0.15) is 0 Å². The molecule has 2 nitrogen and oxygen atoms in total. The lowest BCUT2D eigenvalue weighted by molar-refractivity contribution is -0.112. The van der Waals surface area contributed by atoms with Crippen molar-refractivity contribution < 1.29 is 9.90 Å². The summed E-state index contributed by atoms with van der Waals surface area (Å²) in [6.45, 7) is 8.06. The topological polar surface area (TPSA) is 37.3 Å². The Bertz CT molecular complexity index is 266. The van der Waals surface area contributed by atoms with Gasteiger partial charge in [0, 0.05) is 0 Å². The number of aliphatic hydroxyl groups excluding tert-OH is 1. The molecular formula is C13H22O2. The first-order valence-electron chi connectivity index (χ1n) is 5.70. The van der Waals surface area contributed by atoms with Crippen molar-refractivity contribution in [1.82, 2.24) is 0 Å². The highest BCUT2D eigenvalue weighted by molar-refractivity contribution is 5.87. The van der Waals surface area contributed by atoms with Gasteiger partial charge in [-0.1, -0.05) is 26.8 Å². The summed E-state index contributed by atoms with van der Waals surface area (Å²) in [4.78, 5) is 10.9. The van der Waals surface area contributed by atoms with Crippen LogP contribution in [0, 0.1) is 17.3 Å². The molecule has 0 unspecified atom stereocenters. The van der Waals surface area contributed by atoms with Gasteiger partial charge in [0.2, 0.25) is 0 Å². The van der Waals surface area contributed by atoms with Gasteiger partial charge in [-0.3, -0.25) is 4.79 Å². The third-order valence-electron chi connectivity index (χ3n) is 3.46. The van der Waals surface area contributed by atoms with Gasteiger partial charge in [-0.05, 0) is 43.1 Å². The first kappa shape index (κ1) is 12.4. The number of carbonyl (C=O) groups excluding carboxylic acids is 1. The van der Waals surface area contributed by atoms with Crippen LogP contribution in [-0.4, -0.2) is 17.0 Å². The van der Waals surface area contributed by atoms with Gasteiger partial charge in [0.15, 0.2) is 5.78 Å².